The van der Waals surface area contributed by atoms with Gasteiger partial charge in [0, 0.05) is 18.4 Å². The molecule has 4 nitrogen and oxygen atoms in total. The van der Waals surface area contributed by atoms with Crippen LogP contribution in [0.1, 0.15) is 11.9 Å². The first-order chi connectivity index (χ1) is 9.36. The van der Waals surface area contributed by atoms with Crippen LogP contribution in [0.25, 0.3) is 21.7 Å². The largest absolute Gasteiger partial charge is 0.453 e. The number of para-hydroxylation sites is 1. The van der Waals surface area contributed by atoms with Crippen LogP contribution in [0.4, 0.5) is 0 Å². The van der Waals surface area contributed by atoms with E-state index in [1.165, 1.54) is 0 Å². The summed E-state index contributed by atoms with van der Waals surface area (Å²) < 4.78 is 5.79. The van der Waals surface area contributed by atoms with Crippen LogP contribution in [0, 0.1) is 0 Å². The van der Waals surface area contributed by atoms with Gasteiger partial charge in [-0.25, -0.2) is 0 Å². The Balaban J connectivity index is 1.81. The summed E-state index contributed by atoms with van der Waals surface area (Å²) in [4.78, 5) is 0. The number of aromatic nitrogens is 2. The molecule has 2 heterocycles. The molecule has 0 unspecified atom stereocenters. The van der Waals surface area contributed by atoms with E-state index in [1.54, 1.807) is 11.3 Å². The molecular formula is C14H15N3OS. The molecule has 0 spiro atoms. The molecule has 0 amide bonds. The Morgan fingerprint density at radius 1 is 1.26 bits per heavy atom. The van der Waals surface area contributed by atoms with E-state index in [0.29, 0.717) is 0 Å². The van der Waals surface area contributed by atoms with Gasteiger partial charge in [0.25, 0.3) is 0 Å². The Bertz CT molecular complexity index is 641. The molecule has 98 valence electrons. The predicted molar refractivity (Wildman–Crippen MR) is 77.4 cm³/mol. The third-order valence-electron chi connectivity index (χ3n) is 2.87. The first-order valence-corrected chi connectivity index (χ1v) is 7.20. The molecular weight excluding hydrogens is 258 g/mol. The molecule has 3 rings (SSSR count). The second-order valence-electron chi connectivity index (χ2n) is 4.25. The highest BCUT2D eigenvalue weighted by Crippen LogP contribution is 2.29. The number of fused-ring (bicyclic) bond motifs is 1. The van der Waals surface area contributed by atoms with E-state index < -0.39 is 0 Å². The minimum atomic E-state index is 0.799. The van der Waals surface area contributed by atoms with Crippen LogP contribution >= 0.6 is 11.3 Å². The first kappa shape index (κ1) is 12.3. The first-order valence-electron chi connectivity index (χ1n) is 6.39. The van der Waals surface area contributed by atoms with Gasteiger partial charge in [-0.05, 0) is 18.7 Å². The number of benzene rings is 1. The highest BCUT2D eigenvalue weighted by molar-refractivity contribution is 7.14. The van der Waals surface area contributed by atoms with Crippen LogP contribution in [0.5, 0.6) is 0 Å². The zero-order valence-electron chi connectivity index (χ0n) is 10.7. The van der Waals surface area contributed by atoms with Crippen molar-refractivity contribution in [1.82, 2.24) is 15.5 Å². The fourth-order valence-corrected chi connectivity index (χ4v) is 2.71. The van der Waals surface area contributed by atoms with Crippen molar-refractivity contribution >= 4 is 22.3 Å². The quantitative estimate of drug-likeness (QED) is 0.726. The second kappa shape index (κ2) is 5.50. The number of nitrogens with zero attached hydrogens (tertiary/aromatic N) is 2. The van der Waals surface area contributed by atoms with Crippen LogP contribution < -0.4 is 5.32 Å². The van der Waals surface area contributed by atoms with Crippen LogP contribution in [0.15, 0.2) is 34.7 Å². The number of hydrogen-bond acceptors (Lipinski definition) is 5. The maximum Gasteiger partial charge on any atom is 0.183 e. The van der Waals surface area contributed by atoms with Gasteiger partial charge in [-0.3, -0.25) is 0 Å². The molecule has 0 aliphatic heterocycles. The monoisotopic (exact) mass is 273 g/mol. The molecule has 5 heteroatoms. The molecule has 0 fully saturated rings. The smallest absolute Gasteiger partial charge is 0.183 e. The van der Waals surface area contributed by atoms with Gasteiger partial charge in [-0.15, -0.1) is 10.2 Å². The van der Waals surface area contributed by atoms with Crippen molar-refractivity contribution in [3.63, 3.8) is 0 Å². The molecule has 0 atom stereocenters. The number of hydrogen-bond donors (Lipinski definition) is 1. The molecule has 0 saturated carbocycles. The highest BCUT2D eigenvalue weighted by atomic mass is 32.1. The molecule has 0 aliphatic rings. The molecule has 2 aromatic heterocycles. The van der Waals surface area contributed by atoms with Gasteiger partial charge in [0.05, 0.1) is 0 Å². The lowest BCUT2D eigenvalue weighted by atomic mass is 10.2. The van der Waals surface area contributed by atoms with Crippen molar-refractivity contribution in [2.45, 2.75) is 13.3 Å². The summed E-state index contributed by atoms with van der Waals surface area (Å²) in [7, 11) is 0. The normalized spacial score (nSPS) is 11.2. The minimum absolute atomic E-state index is 0.799. The molecule has 1 aromatic carbocycles. The van der Waals surface area contributed by atoms with E-state index in [9.17, 15) is 0 Å². The van der Waals surface area contributed by atoms with Gasteiger partial charge in [0.1, 0.15) is 10.6 Å². The average molecular weight is 273 g/mol. The third-order valence-corrected chi connectivity index (χ3v) is 3.87. The lowest BCUT2D eigenvalue weighted by Crippen LogP contribution is -2.15. The van der Waals surface area contributed by atoms with E-state index in [-0.39, 0.29) is 0 Å². The van der Waals surface area contributed by atoms with Crippen LogP contribution in [-0.4, -0.2) is 23.3 Å². The Morgan fingerprint density at radius 2 is 2.16 bits per heavy atom. The van der Waals surface area contributed by atoms with Gasteiger partial charge in [-0.1, -0.05) is 36.5 Å². The van der Waals surface area contributed by atoms with E-state index in [1.807, 2.05) is 30.3 Å². The molecule has 0 aliphatic carbocycles. The Labute approximate surface area is 115 Å². The van der Waals surface area contributed by atoms with Gasteiger partial charge < -0.3 is 9.73 Å². The van der Waals surface area contributed by atoms with Crippen molar-refractivity contribution in [3.8, 4) is 10.8 Å². The summed E-state index contributed by atoms with van der Waals surface area (Å²) >= 11 is 1.60. The van der Waals surface area contributed by atoms with Crippen LogP contribution in [0.3, 0.4) is 0 Å². The predicted octanol–water partition coefficient (Wildman–Crippen LogP) is 3.10. The summed E-state index contributed by atoms with van der Waals surface area (Å²) in [5.74, 6) is 0.799. The average Bonchev–Trinajstić information content (AvgIpc) is 3.04. The summed E-state index contributed by atoms with van der Waals surface area (Å²) in [5.41, 5.74) is 0.891. The molecule has 1 N–H and O–H groups in total. The highest BCUT2D eigenvalue weighted by Gasteiger charge is 2.11. The summed E-state index contributed by atoms with van der Waals surface area (Å²) in [6.07, 6.45) is 0.908. The van der Waals surface area contributed by atoms with Crippen molar-refractivity contribution < 1.29 is 4.42 Å². The van der Waals surface area contributed by atoms with Gasteiger partial charge >= 0.3 is 0 Å². The molecule has 3 aromatic rings. The van der Waals surface area contributed by atoms with E-state index in [0.717, 1.165) is 46.3 Å². The number of nitrogens with one attached hydrogen (secondary N) is 1. The van der Waals surface area contributed by atoms with Crippen LogP contribution in [-0.2, 0) is 6.42 Å². The summed E-state index contributed by atoms with van der Waals surface area (Å²) in [6.45, 7) is 4.01. The molecule has 19 heavy (non-hydrogen) atoms. The fraction of sp³-hybridized carbons (Fsp3) is 0.286. The Hall–Kier alpha value is -1.72. The minimum Gasteiger partial charge on any atom is -0.453 e. The van der Waals surface area contributed by atoms with E-state index in [2.05, 4.69) is 22.4 Å². The topological polar surface area (TPSA) is 51.0 Å². The summed E-state index contributed by atoms with van der Waals surface area (Å²) in [5, 5.41) is 14.7. The number of likely N-dealkylation sites (N-methyl/N-ethyl adjacent to an activating group) is 1. The van der Waals surface area contributed by atoms with E-state index >= 15 is 0 Å². The zero-order valence-corrected chi connectivity index (χ0v) is 11.5. The van der Waals surface area contributed by atoms with Gasteiger partial charge in [0.15, 0.2) is 10.8 Å². The van der Waals surface area contributed by atoms with Crippen LogP contribution in [0.2, 0.25) is 0 Å². The Morgan fingerprint density at radius 3 is 3.00 bits per heavy atom. The van der Waals surface area contributed by atoms with Gasteiger partial charge in [0.2, 0.25) is 0 Å². The standard InChI is InChI=1S/C14H15N3OS/c1-2-15-8-7-13-16-17-14(19-13)12-9-10-5-3-4-6-11(10)18-12/h3-6,9,15H,2,7-8H2,1H3. The number of furan rings is 1. The molecule has 0 saturated heterocycles. The maximum atomic E-state index is 5.79. The van der Waals surface area contributed by atoms with E-state index in [4.69, 9.17) is 4.42 Å². The van der Waals surface area contributed by atoms with Crippen molar-refractivity contribution in [3.05, 3.63) is 35.3 Å². The third kappa shape index (κ3) is 2.67. The molecule has 0 bridgehead atoms. The van der Waals surface area contributed by atoms with Crippen molar-refractivity contribution in [2.24, 2.45) is 0 Å². The number of rotatable bonds is 5. The SMILES string of the molecule is CCNCCc1nnc(-c2cc3ccccc3o2)s1. The second-order valence-corrected chi connectivity index (χ2v) is 5.32. The van der Waals surface area contributed by atoms with Crippen molar-refractivity contribution in [1.29, 1.82) is 0 Å². The maximum absolute atomic E-state index is 5.79. The lowest BCUT2D eigenvalue weighted by Gasteiger charge is -1.95. The summed E-state index contributed by atoms with van der Waals surface area (Å²) in [6, 6.07) is 9.99. The molecule has 0 radical (unpaired) electrons. The zero-order chi connectivity index (χ0) is 13.1. The fourth-order valence-electron chi connectivity index (χ4n) is 1.91. The van der Waals surface area contributed by atoms with Gasteiger partial charge in [-0.2, -0.15) is 0 Å². The lowest BCUT2D eigenvalue weighted by molar-refractivity contribution is 0.629. The Kier molecular flexibility index (Phi) is 3.57. The van der Waals surface area contributed by atoms with Crippen molar-refractivity contribution in [2.75, 3.05) is 13.1 Å².